The molecule has 29 heavy (non-hydrogen) atoms. The van der Waals surface area contributed by atoms with Gasteiger partial charge < -0.3 is 5.32 Å². The number of carbonyl (C=O) groups is 1. The maximum Gasteiger partial charge on any atom is 0.261 e. The number of fused-ring (bicyclic) bond motifs is 1. The Labute approximate surface area is 167 Å². The molecule has 0 atom stereocenters. The molecule has 0 unspecified atom stereocenters. The number of sulfonamides is 1. The summed E-state index contributed by atoms with van der Waals surface area (Å²) in [7, 11) is -3.71. The van der Waals surface area contributed by atoms with E-state index in [1.165, 1.54) is 18.5 Å². The molecule has 1 heterocycles. The van der Waals surface area contributed by atoms with Gasteiger partial charge >= 0.3 is 0 Å². The van der Waals surface area contributed by atoms with Crippen molar-refractivity contribution in [3.05, 3.63) is 90.9 Å². The lowest BCUT2D eigenvalue weighted by molar-refractivity contribution is 0.102. The highest BCUT2D eigenvalue weighted by Gasteiger charge is 2.14. The van der Waals surface area contributed by atoms with Crippen LogP contribution in [0.15, 0.2) is 90.2 Å². The molecule has 0 fully saturated rings. The minimum atomic E-state index is -3.71. The van der Waals surface area contributed by atoms with E-state index in [4.69, 9.17) is 0 Å². The molecule has 0 bridgehead atoms. The van der Waals surface area contributed by atoms with Crippen molar-refractivity contribution in [2.24, 2.45) is 0 Å². The Morgan fingerprint density at radius 1 is 0.862 bits per heavy atom. The van der Waals surface area contributed by atoms with Crippen LogP contribution < -0.4 is 10.0 Å². The lowest BCUT2D eigenvalue weighted by atomic mass is 10.1. The Kier molecular flexibility index (Phi) is 4.92. The van der Waals surface area contributed by atoms with Crippen molar-refractivity contribution in [1.29, 1.82) is 0 Å². The van der Waals surface area contributed by atoms with Gasteiger partial charge in [0.15, 0.2) is 0 Å². The summed E-state index contributed by atoms with van der Waals surface area (Å²) in [6.07, 6.45) is 3.09. The molecule has 8 heteroatoms. The van der Waals surface area contributed by atoms with Gasteiger partial charge in [0.2, 0.25) is 0 Å². The second-order valence-electron chi connectivity index (χ2n) is 6.25. The normalized spacial score (nSPS) is 11.2. The van der Waals surface area contributed by atoms with Crippen LogP contribution in [0.4, 0.5) is 11.4 Å². The van der Waals surface area contributed by atoms with Crippen molar-refractivity contribution in [3.63, 3.8) is 0 Å². The van der Waals surface area contributed by atoms with Crippen LogP contribution in [-0.4, -0.2) is 24.3 Å². The number of hydrogen-bond donors (Lipinski definition) is 2. The summed E-state index contributed by atoms with van der Waals surface area (Å²) in [5, 5.41) is 3.51. The Morgan fingerprint density at radius 2 is 1.62 bits per heavy atom. The van der Waals surface area contributed by atoms with E-state index >= 15 is 0 Å². The van der Waals surface area contributed by atoms with Gasteiger partial charge in [-0.25, -0.2) is 18.4 Å². The van der Waals surface area contributed by atoms with E-state index in [-0.39, 0.29) is 10.8 Å². The van der Waals surface area contributed by atoms with Crippen LogP contribution >= 0.6 is 0 Å². The fraction of sp³-hybridized carbons (Fsp3) is 0. The van der Waals surface area contributed by atoms with Crippen LogP contribution in [0.3, 0.4) is 0 Å². The van der Waals surface area contributed by atoms with Crippen LogP contribution in [0.1, 0.15) is 10.4 Å². The molecule has 0 aliphatic rings. The molecule has 0 aliphatic heterocycles. The first-order valence-corrected chi connectivity index (χ1v) is 10.2. The zero-order valence-corrected chi connectivity index (χ0v) is 15.9. The van der Waals surface area contributed by atoms with Crippen LogP contribution in [-0.2, 0) is 10.0 Å². The molecule has 1 aromatic heterocycles. The van der Waals surface area contributed by atoms with E-state index in [1.54, 1.807) is 66.9 Å². The summed E-state index contributed by atoms with van der Waals surface area (Å²) in [6, 6.07) is 19.7. The summed E-state index contributed by atoms with van der Waals surface area (Å²) in [5.74, 6) is -0.311. The summed E-state index contributed by atoms with van der Waals surface area (Å²) in [6.45, 7) is 0. The lowest BCUT2D eigenvalue weighted by Crippen LogP contribution is -2.14. The quantitative estimate of drug-likeness (QED) is 0.528. The molecule has 0 radical (unpaired) electrons. The molecule has 2 N–H and O–H groups in total. The Morgan fingerprint density at radius 3 is 2.38 bits per heavy atom. The van der Waals surface area contributed by atoms with Gasteiger partial charge in [-0.2, -0.15) is 0 Å². The molecular formula is C21H16N4O3S. The van der Waals surface area contributed by atoms with Crippen LogP contribution in [0, 0.1) is 0 Å². The minimum absolute atomic E-state index is 0.0993. The van der Waals surface area contributed by atoms with Crippen molar-refractivity contribution in [1.82, 2.24) is 9.97 Å². The van der Waals surface area contributed by atoms with Gasteiger partial charge in [0.1, 0.15) is 6.33 Å². The van der Waals surface area contributed by atoms with E-state index in [0.717, 1.165) is 10.9 Å². The zero-order valence-electron chi connectivity index (χ0n) is 15.1. The SMILES string of the molecule is O=C(Nc1ccc(S(=O)(=O)Nc2ccccc2)cc1)c1ccc2ncncc2c1. The van der Waals surface area contributed by atoms with Crippen LogP contribution in [0.5, 0.6) is 0 Å². The van der Waals surface area contributed by atoms with Crippen molar-refractivity contribution in [3.8, 4) is 0 Å². The minimum Gasteiger partial charge on any atom is -0.322 e. The first kappa shape index (κ1) is 18.6. The monoisotopic (exact) mass is 404 g/mol. The van der Waals surface area contributed by atoms with Gasteiger partial charge in [0.05, 0.1) is 10.4 Å². The smallest absolute Gasteiger partial charge is 0.261 e. The van der Waals surface area contributed by atoms with E-state index in [9.17, 15) is 13.2 Å². The molecule has 0 saturated carbocycles. The number of benzene rings is 3. The van der Waals surface area contributed by atoms with Gasteiger partial charge in [-0.3, -0.25) is 9.52 Å². The lowest BCUT2D eigenvalue weighted by Gasteiger charge is -2.10. The van der Waals surface area contributed by atoms with E-state index in [0.29, 0.717) is 16.9 Å². The molecular weight excluding hydrogens is 388 g/mol. The Hall–Kier alpha value is -3.78. The van der Waals surface area contributed by atoms with Crippen LogP contribution in [0.25, 0.3) is 10.9 Å². The molecule has 3 aromatic carbocycles. The van der Waals surface area contributed by atoms with Crippen molar-refractivity contribution in [2.45, 2.75) is 4.90 Å². The number of anilines is 2. The maximum absolute atomic E-state index is 12.5. The predicted molar refractivity (Wildman–Crippen MR) is 111 cm³/mol. The molecule has 4 rings (SSSR count). The Bertz CT molecular complexity index is 1270. The van der Waals surface area contributed by atoms with Gasteiger partial charge in [-0.15, -0.1) is 0 Å². The topological polar surface area (TPSA) is 101 Å². The van der Waals surface area contributed by atoms with E-state index in [1.807, 2.05) is 0 Å². The standard InChI is InChI=1S/C21H16N4O3S/c26-21(15-6-11-20-16(12-15)13-22-14-23-20)24-17-7-9-19(10-8-17)29(27,28)25-18-4-2-1-3-5-18/h1-14,25H,(H,24,26). The average molecular weight is 404 g/mol. The number of hydrogen-bond acceptors (Lipinski definition) is 5. The fourth-order valence-corrected chi connectivity index (χ4v) is 3.83. The highest BCUT2D eigenvalue weighted by atomic mass is 32.2. The van der Waals surface area contributed by atoms with Gasteiger partial charge in [0.25, 0.3) is 15.9 Å². The molecule has 1 amide bonds. The Balaban J connectivity index is 1.49. The zero-order chi connectivity index (χ0) is 20.3. The first-order chi connectivity index (χ1) is 14.0. The van der Waals surface area contributed by atoms with Crippen molar-refractivity contribution >= 4 is 38.2 Å². The van der Waals surface area contributed by atoms with E-state index in [2.05, 4.69) is 20.0 Å². The second kappa shape index (κ2) is 7.69. The molecule has 0 aliphatic carbocycles. The second-order valence-corrected chi connectivity index (χ2v) is 7.93. The number of para-hydroxylation sites is 1. The van der Waals surface area contributed by atoms with Gasteiger partial charge in [-0.05, 0) is 54.6 Å². The number of rotatable bonds is 5. The van der Waals surface area contributed by atoms with Gasteiger partial charge in [-0.1, -0.05) is 18.2 Å². The van der Waals surface area contributed by atoms with Crippen molar-refractivity contribution < 1.29 is 13.2 Å². The molecule has 7 nitrogen and oxygen atoms in total. The maximum atomic E-state index is 12.5. The highest BCUT2D eigenvalue weighted by Crippen LogP contribution is 2.19. The predicted octanol–water partition coefficient (Wildman–Crippen LogP) is 3.68. The number of nitrogens with one attached hydrogen (secondary N) is 2. The third-order valence-corrected chi connectivity index (χ3v) is 5.61. The summed E-state index contributed by atoms with van der Waals surface area (Å²) >= 11 is 0. The molecule has 4 aromatic rings. The number of nitrogens with zero attached hydrogens (tertiary/aromatic N) is 2. The number of amides is 1. The molecule has 0 saturated heterocycles. The summed E-state index contributed by atoms with van der Waals surface area (Å²) < 4.78 is 27.5. The third kappa shape index (κ3) is 4.22. The average Bonchev–Trinajstić information content (AvgIpc) is 2.74. The number of aromatic nitrogens is 2. The molecule has 144 valence electrons. The van der Waals surface area contributed by atoms with E-state index < -0.39 is 10.0 Å². The van der Waals surface area contributed by atoms with Crippen molar-refractivity contribution in [2.75, 3.05) is 10.0 Å². The highest BCUT2D eigenvalue weighted by molar-refractivity contribution is 7.92. The summed E-state index contributed by atoms with van der Waals surface area (Å²) in [4.78, 5) is 20.7. The molecule has 0 spiro atoms. The van der Waals surface area contributed by atoms with Gasteiger partial charge in [0, 0.05) is 28.5 Å². The van der Waals surface area contributed by atoms with Crippen LogP contribution in [0.2, 0.25) is 0 Å². The fourth-order valence-electron chi connectivity index (χ4n) is 2.77. The first-order valence-electron chi connectivity index (χ1n) is 8.70. The largest absolute Gasteiger partial charge is 0.322 e. The summed E-state index contributed by atoms with van der Waals surface area (Å²) in [5.41, 5.74) is 2.16. The number of carbonyl (C=O) groups excluding carboxylic acids is 1. The third-order valence-electron chi connectivity index (χ3n) is 4.22.